The molecule has 0 saturated heterocycles. The van der Waals surface area contributed by atoms with Gasteiger partial charge < -0.3 is 9.73 Å². The van der Waals surface area contributed by atoms with Crippen LogP contribution in [0, 0.1) is 0 Å². The molecule has 3 nitrogen and oxygen atoms in total. The highest BCUT2D eigenvalue weighted by molar-refractivity contribution is 5.27. The molecule has 0 radical (unpaired) electrons. The first kappa shape index (κ1) is 10.9. The summed E-state index contributed by atoms with van der Waals surface area (Å²) in [6.07, 6.45) is 8.23. The molecule has 2 heterocycles. The minimum absolute atomic E-state index is 0.196. The van der Waals surface area contributed by atoms with E-state index in [0.717, 1.165) is 18.5 Å². The molecule has 2 aromatic heterocycles. The Morgan fingerprint density at radius 3 is 2.69 bits per heavy atom. The molecule has 0 saturated carbocycles. The van der Waals surface area contributed by atoms with Crippen molar-refractivity contribution in [3.8, 4) is 0 Å². The monoisotopic (exact) mass is 216 g/mol. The van der Waals surface area contributed by atoms with Gasteiger partial charge in [0.15, 0.2) is 0 Å². The van der Waals surface area contributed by atoms with Crippen LogP contribution in [0.15, 0.2) is 47.5 Å². The molecule has 0 spiro atoms. The lowest BCUT2D eigenvalue weighted by atomic mass is 10.0. The third kappa shape index (κ3) is 2.49. The maximum Gasteiger partial charge on any atom is 0.0953 e. The molecule has 16 heavy (non-hydrogen) atoms. The standard InChI is InChI=1S/C13H16N2O/c1-2-6-15-13(12-5-9-16-10-12)11-3-7-14-8-4-11/h3-5,7-10,13,15H,2,6H2,1H3. The quantitative estimate of drug-likeness (QED) is 0.835. The number of nitrogens with one attached hydrogen (secondary N) is 1. The van der Waals surface area contributed by atoms with Gasteiger partial charge in [0.05, 0.1) is 18.6 Å². The lowest BCUT2D eigenvalue weighted by Crippen LogP contribution is -2.22. The fourth-order valence-electron chi connectivity index (χ4n) is 1.71. The summed E-state index contributed by atoms with van der Waals surface area (Å²) in [6, 6.07) is 6.25. The number of nitrogens with zero attached hydrogens (tertiary/aromatic N) is 1. The van der Waals surface area contributed by atoms with Gasteiger partial charge in [-0.15, -0.1) is 0 Å². The van der Waals surface area contributed by atoms with Crippen LogP contribution in [0.25, 0.3) is 0 Å². The number of hydrogen-bond donors (Lipinski definition) is 1. The van der Waals surface area contributed by atoms with Gasteiger partial charge in [-0.3, -0.25) is 4.98 Å². The number of rotatable bonds is 5. The SMILES string of the molecule is CCCNC(c1ccncc1)c1ccoc1. The van der Waals surface area contributed by atoms with Crippen LogP contribution in [-0.4, -0.2) is 11.5 Å². The molecule has 2 aromatic rings. The van der Waals surface area contributed by atoms with E-state index in [9.17, 15) is 0 Å². The maximum atomic E-state index is 5.14. The Morgan fingerprint density at radius 2 is 2.06 bits per heavy atom. The molecule has 1 unspecified atom stereocenters. The first-order chi connectivity index (χ1) is 7.92. The molecular weight excluding hydrogens is 200 g/mol. The smallest absolute Gasteiger partial charge is 0.0953 e. The van der Waals surface area contributed by atoms with E-state index in [4.69, 9.17) is 4.42 Å². The Bertz CT molecular complexity index is 397. The normalized spacial score (nSPS) is 12.6. The van der Waals surface area contributed by atoms with Gasteiger partial charge >= 0.3 is 0 Å². The molecule has 0 aliphatic heterocycles. The Morgan fingerprint density at radius 1 is 1.25 bits per heavy atom. The van der Waals surface area contributed by atoms with Crippen molar-refractivity contribution in [2.45, 2.75) is 19.4 Å². The summed E-state index contributed by atoms with van der Waals surface area (Å²) in [4.78, 5) is 4.04. The van der Waals surface area contributed by atoms with Crippen molar-refractivity contribution in [1.82, 2.24) is 10.3 Å². The maximum absolute atomic E-state index is 5.14. The van der Waals surface area contributed by atoms with Crippen LogP contribution >= 0.6 is 0 Å². The topological polar surface area (TPSA) is 38.1 Å². The molecule has 3 heteroatoms. The summed E-state index contributed by atoms with van der Waals surface area (Å²) in [7, 11) is 0. The largest absolute Gasteiger partial charge is 0.472 e. The second-order valence-electron chi connectivity index (χ2n) is 3.72. The highest BCUT2D eigenvalue weighted by atomic mass is 16.3. The molecule has 0 fully saturated rings. The summed E-state index contributed by atoms with van der Waals surface area (Å²) in [5.74, 6) is 0. The Labute approximate surface area is 95.5 Å². The van der Waals surface area contributed by atoms with Gasteiger partial charge in [0.1, 0.15) is 0 Å². The number of furan rings is 1. The number of aromatic nitrogens is 1. The third-order valence-electron chi connectivity index (χ3n) is 2.51. The molecule has 0 aliphatic rings. The van der Waals surface area contributed by atoms with E-state index in [1.54, 1.807) is 12.5 Å². The van der Waals surface area contributed by atoms with Gasteiger partial charge in [-0.25, -0.2) is 0 Å². The average molecular weight is 216 g/mol. The molecule has 1 N–H and O–H groups in total. The zero-order valence-electron chi connectivity index (χ0n) is 9.39. The van der Waals surface area contributed by atoms with E-state index in [2.05, 4.69) is 17.2 Å². The minimum atomic E-state index is 0.196. The first-order valence-electron chi connectivity index (χ1n) is 5.57. The van der Waals surface area contributed by atoms with Crippen LogP contribution in [0.4, 0.5) is 0 Å². The van der Waals surface area contributed by atoms with Crippen LogP contribution in [0.3, 0.4) is 0 Å². The molecule has 0 amide bonds. The fourth-order valence-corrected chi connectivity index (χ4v) is 1.71. The Hall–Kier alpha value is -1.61. The van der Waals surface area contributed by atoms with Gasteiger partial charge in [-0.05, 0) is 36.7 Å². The third-order valence-corrected chi connectivity index (χ3v) is 2.51. The van der Waals surface area contributed by atoms with E-state index >= 15 is 0 Å². The highest BCUT2D eigenvalue weighted by Gasteiger charge is 2.13. The van der Waals surface area contributed by atoms with E-state index in [0.29, 0.717) is 0 Å². The van der Waals surface area contributed by atoms with Gasteiger partial charge in [0, 0.05) is 18.0 Å². The predicted molar refractivity (Wildman–Crippen MR) is 63.1 cm³/mol. The molecular formula is C13H16N2O. The summed E-state index contributed by atoms with van der Waals surface area (Å²) in [5, 5.41) is 3.50. The average Bonchev–Trinajstić information content (AvgIpc) is 2.85. The van der Waals surface area contributed by atoms with Crippen molar-refractivity contribution < 1.29 is 4.42 Å². The summed E-state index contributed by atoms with van der Waals surface area (Å²) >= 11 is 0. The van der Waals surface area contributed by atoms with E-state index in [1.165, 1.54) is 5.56 Å². The van der Waals surface area contributed by atoms with Crippen molar-refractivity contribution in [3.05, 3.63) is 54.2 Å². The van der Waals surface area contributed by atoms with Crippen molar-refractivity contribution in [2.24, 2.45) is 0 Å². The zero-order chi connectivity index (χ0) is 11.2. The molecule has 84 valence electrons. The van der Waals surface area contributed by atoms with Crippen LogP contribution < -0.4 is 5.32 Å². The minimum Gasteiger partial charge on any atom is -0.472 e. The second-order valence-corrected chi connectivity index (χ2v) is 3.72. The molecule has 1 atom stereocenters. The number of hydrogen-bond acceptors (Lipinski definition) is 3. The summed E-state index contributed by atoms with van der Waals surface area (Å²) in [6.45, 7) is 3.14. The zero-order valence-corrected chi connectivity index (χ0v) is 9.39. The van der Waals surface area contributed by atoms with Gasteiger partial charge in [0.25, 0.3) is 0 Å². The van der Waals surface area contributed by atoms with Crippen LogP contribution in [0.2, 0.25) is 0 Å². The number of pyridine rings is 1. The van der Waals surface area contributed by atoms with Crippen LogP contribution in [-0.2, 0) is 0 Å². The lowest BCUT2D eigenvalue weighted by Gasteiger charge is -2.17. The van der Waals surface area contributed by atoms with Crippen molar-refractivity contribution >= 4 is 0 Å². The first-order valence-corrected chi connectivity index (χ1v) is 5.57. The highest BCUT2D eigenvalue weighted by Crippen LogP contribution is 2.21. The van der Waals surface area contributed by atoms with Crippen LogP contribution in [0.1, 0.15) is 30.5 Å². The van der Waals surface area contributed by atoms with Crippen molar-refractivity contribution in [3.63, 3.8) is 0 Å². The predicted octanol–water partition coefficient (Wildman–Crippen LogP) is 2.76. The van der Waals surface area contributed by atoms with Gasteiger partial charge in [-0.2, -0.15) is 0 Å². The van der Waals surface area contributed by atoms with Crippen molar-refractivity contribution in [1.29, 1.82) is 0 Å². The van der Waals surface area contributed by atoms with E-state index in [-0.39, 0.29) is 6.04 Å². The Kier molecular flexibility index (Phi) is 3.72. The lowest BCUT2D eigenvalue weighted by molar-refractivity contribution is 0.548. The molecule has 0 bridgehead atoms. The van der Waals surface area contributed by atoms with Gasteiger partial charge in [-0.1, -0.05) is 6.92 Å². The van der Waals surface area contributed by atoms with Gasteiger partial charge in [0.2, 0.25) is 0 Å². The molecule has 0 aliphatic carbocycles. The summed E-state index contributed by atoms with van der Waals surface area (Å²) < 4.78 is 5.14. The second kappa shape index (κ2) is 5.47. The van der Waals surface area contributed by atoms with Crippen LogP contribution in [0.5, 0.6) is 0 Å². The fraction of sp³-hybridized carbons (Fsp3) is 0.308. The van der Waals surface area contributed by atoms with Crippen molar-refractivity contribution in [2.75, 3.05) is 6.54 Å². The summed E-state index contributed by atoms with van der Waals surface area (Å²) in [5.41, 5.74) is 2.37. The Balaban J connectivity index is 2.21. The van der Waals surface area contributed by atoms with E-state index < -0.39 is 0 Å². The molecule has 0 aromatic carbocycles. The molecule has 2 rings (SSSR count). The van der Waals surface area contributed by atoms with E-state index in [1.807, 2.05) is 30.6 Å².